The summed E-state index contributed by atoms with van der Waals surface area (Å²) in [5, 5.41) is 0.898. The van der Waals surface area contributed by atoms with E-state index in [0.717, 1.165) is 11.6 Å². The van der Waals surface area contributed by atoms with Crippen LogP contribution in [0, 0.1) is 0 Å². The lowest BCUT2D eigenvalue weighted by Crippen LogP contribution is -1.75. The maximum atomic E-state index is 9.47. The molecule has 0 saturated carbocycles. The van der Waals surface area contributed by atoms with E-state index in [-0.39, 0.29) is 0 Å². The molecule has 0 aliphatic heterocycles. The van der Waals surface area contributed by atoms with E-state index in [0.29, 0.717) is 0 Å². The van der Waals surface area contributed by atoms with Crippen LogP contribution in [0.5, 0.6) is 0 Å². The first kappa shape index (κ1) is 5.49. The van der Waals surface area contributed by atoms with Crippen LogP contribution in [-0.4, -0.2) is 8.42 Å². The van der Waals surface area contributed by atoms with Gasteiger partial charge in [0.1, 0.15) is 0 Å². The standard InChI is InChI=1S/C2H5NO2S/c3-1-2-6(4)5/h1-2,6H,3H2/b2-1-. The van der Waals surface area contributed by atoms with Crippen LogP contribution in [0.2, 0.25) is 0 Å². The average Bonchev–Trinajstić information content (AvgIpc) is 1.35. The SMILES string of the molecule is N/C=C\[SH](=O)=O. The van der Waals surface area contributed by atoms with Gasteiger partial charge in [0.05, 0.1) is 0 Å². The number of thiol groups is 1. The molecule has 0 bridgehead atoms. The van der Waals surface area contributed by atoms with Gasteiger partial charge in [-0.15, -0.1) is 0 Å². The number of nitrogens with two attached hydrogens (primary N) is 1. The van der Waals surface area contributed by atoms with E-state index in [9.17, 15) is 8.42 Å². The van der Waals surface area contributed by atoms with Crippen molar-refractivity contribution in [2.45, 2.75) is 0 Å². The minimum absolute atomic E-state index is 0.898. The van der Waals surface area contributed by atoms with Gasteiger partial charge in [0.2, 0.25) is 0 Å². The third kappa shape index (κ3) is 3.49. The second-order valence-electron chi connectivity index (χ2n) is 0.627. The van der Waals surface area contributed by atoms with Crippen molar-refractivity contribution in [3.05, 3.63) is 11.6 Å². The van der Waals surface area contributed by atoms with Crippen molar-refractivity contribution >= 4 is 10.7 Å². The highest BCUT2D eigenvalue weighted by Gasteiger charge is 1.61. The van der Waals surface area contributed by atoms with E-state index in [1.165, 1.54) is 0 Å². The number of hydrogen-bond acceptors (Lipinski definition) is 3. The molecule has 0 saturated heterocycles. The summed E-state index contributed by atoms with van der Waals surface area (Å²) in [5.41, 5.74) is 4.67. The summed E-state index contributed by atoms with van der Waals surface area (Å²) in [7, 11) is -2.41. The fourth-order valence-corrected chi connectivity index (χ4v) is 0.211. The molecule has 0 aliphatic rings. The van der Waals surface area contributed by atoms with E-state index in [2.05, 4.69) is 5.73 Å². The largest absolute Gasteiger partial charge is 0.404 e. The molecule has 0 aromatic heterocycles. The zero-order valence-corrected chi connectivity index (χ0v) is 3.89. The van der Waals surface area contributed by atoms with Crippen molar-refractivity contribution in [3.63, 3.8) is 0 Å². The number of rotatable bonds is 1. The van der Waals surface area contributed by atoms with Crippen LogP contribution in [0.25, 0.3) is 0 Å². The quantitative estimate of drug-likeness (QED) is 0.424. The van der Waals surface area contributed by atoms with Crippen LogP contribution >= 0.6 is 0 Å². The highest BCUT2D eigenvalue weighted by molar-refractivity contribution is 7.75. The predicted molar refractivity (Wildman–Crippen MR) is 23.6 cm³/mol. The summed E-state index contributed by atoms with van der Waals surface area (Å²) < 4.78 is 18.9. The van der Waals surface area contributed by atoms with E-state index >= 15 is 0 Å². The fourth-order valence-electron chi connectivity index (χ4n) is 0.0703. The first-order chi connectivity index (χ1) is 2.77. The minimum atomic E-state index is -2.41. The molecule has 0 atom stereocenters. The molecule has 4 heteroatoms. The second kappa shape index (κ2) is 2.71. The lowest BCUT2D eigenvalue weighted by molar-refractivity contribution is 0.622. The van der Waals surface area contributed by atoms with Crippen LogP contribution < -0.4 is 5.73 Å². The molecule has 0 aliphatic carbocycles. The highest BCUT2D eigenvalue weighted by atomic mass is 32.2. The van der Waals surface area contributed by atoms with Gasteiger partial charge in [-0.2, -0.15) is 0 Å². The molecule has 0 unspecified atom stereocenters. The third-order valence-electron chi connectivity index (χ3n) is 0.208. The first-order valence-corrected chi connectivity index (χ1v) is 2.54. The van der Waals surface area contributed by atoms with Crippen molar-refractivity contribution in [1.29, 1.82) is 0 Å². The van der Waals surface area contributed by atoms with Gasteiger partial charge in [-0.25, -0.2) is 8.42 Å². The van der Waals surface area contributed by atoms with Gasteiger partial charge >= 0.3 is 0 Å². The molecule has 6 heavy (non-hydrogen) atoms. The van der Waals surface area contributed by atoms with Crippen molar-refractivity contribution in [2.75, 3.05) is 0 Å². The molecule has 0 radical (unpaired) electrons. The molecule has 3 nitrogen and oxygen atoms in total. The predicted octanol–water partition coefficient (Wildman–Crippen LogP) is -0.972. The Bertz CT molecular complexity index is 107. The Kier molecular flexibility index (Phi) is 2.48. The van der Waals surface area contributed by atoms with Crippen LogP contribution in [-0.2, 0) is 10.7 Å². The van der Waals surface area contributed by atoms with E-state index < -0.39 is 10.7 Å². The minimum Gasteiger partial charge on any atom is -0.404 e. The Morgan fingerprint density at radius 1 is 1.50 bits per heavy atom. The van der Waals surface area contributed by atoms with Crippen LogP contribution in [0.15, 0.2) is 11.6 Å². The molecule has 0 heterocycles. The van der Waals surface area contributed by atoms with Crippen LogP contribution in [0.1, 0.15) is 0 Å². The lowest BCUT2D eigenvalue weighted by Gasteiger charge is -1.59. The van der Waals surface area contributed by atoms with E-state index in [4.69, 9.17) is 0 Å². The Labute approximate surface area is 37.4 Å². The van der Waals surface area contributed by atoms with Crippen molar-refractivity contribution in [2.24, 2.45) is 5.73 Å². The molecular formula is C2H5NO2S. The Hall–Kier alpha value is -0.510. The smallest absolute Gasteiger partial charge is 0.162 e. The monoisotopic (exact) mass is 107 g/mol. The van der Waals surface area contributed by atoms with E-state index in [1.54, 1.807) is 0 Å². The summed E-state index contributed by atoms with van der Waals surface area (Å²) in [6.07, 6.45) is 0.978. The van der Waals surface area contributed by atoms with Gasteiger partial charge < -0.3 is 5.73 Å². The van der Waals surface area contributed by atoms with Crippen molar-refractivity contribution in [3.8, 4) is 0 Å². The Morgan fingerprint density at radius 2 is 2.00 bits per heavy atom. The molecule has 0 rings (SSSR count). The molecule has 0 aromatic carbocycles. The molecule has 0 aromatic rings. The zero-order valence-electron chi connectivity index (χ0n) is 3.00. The molecular weight excluding hydrogens is 102 g/mol. The van der Waals surface area contributed by atoms with Gasteiger partial charge in [0, 0.05) is 11.6 Å². The lowest BCUT2D eigenvalue weighted by atomic mass is 11.1. The van der Waals surface area contributed by atoms with Gasteiger partial charge in [-0.3, -0.25) is 0 Å². The maximum absolute atomic E-state index is 9.47. The maximum Gasteiger partial charge on any atom is 0.162 e. The highest BCUT2D eigenvalue weighted by Crippen LogP contribution is 1.58. The van der Waals surface area contributed by atoms with Crippen LogP contribution in [0.3, 0.4) is 0 Å². The molecule has 36 valence electrons. The Morgan fingerprint density at radius 3 is 2.00 bits per heavy atom. The number of hydrogen-bond donors (Lipinski definition) is 2. The van der Waals surface area contributed by atoms with Gasteiger partial charge in [0.15, 0.2) is 10.7 Å². The Balaban J connectivity index is 3.62. The normalized spacial score (nSPS) is 10.8. The van der Waals surface area contributed by atoms with Crippen LogP contribution in [0.4, 0.5) is 0 Å². The second-order valence-corrected chi connectivity index (χ2v) is 1.50. The average molecular weight is 107 g/mol. The third-order valence-corrected chi connectivity index (χ3v) is 0.623. The molecule has 2 N–H and O–H groups in total. The van der Waals surface area contributed by atoms with Gasteiger partial charge in [0.25, 0.3) is 0 Å². The first-order valence-electron chi connectivity index (χ1n) is 1.29. The van der Waals surface area contributed by atoms with E-state index in [1.807, 2.05) is 0 Å². The summed E-state index contributed by atoms with van der Waals surface area (Å²) >= 11 is 0. The molecule has 0 fully saturated rings. The summed E-state index contributed by atoms with van der Waals surface area (Å²) in [6.45, 7) is 0. The molecule has 0 amide bonds. The van der Waals surface area contributed by atoms with Crippen molar-refractivity contribution in [1.82, 2.24) is 0 Å². The topological polar surface area (TPSA) is 60.2 Å². The molecule has 0 spiro atoms. The van der Waals surface area contributed by atoms with Gasteiger partial charge in [-0.1, -0.05) is 0 Å². The zero-order chi connectivity index (χ0) is 4.99. The summed E-state index contributed by atoms with van der Waals surface area (Å²) in [4.78, 5) is 0. The summed E-state index contributed by atoms with van der Waals surface area (Å²) in [6, 6.07) is 0. The summed E-state index contributed by atoms with van der Waals surface area (Å²) in [5.74, 6) is 0. The van der Waals surface area contributed by atoms with Crippen molar-refractivity contribution < 1.29 is 8.42 Å². The fraction of sp³-hybridized carbons (Fsp3) is 0. The van der Waals surface area contributed by atoms with Gasteiger partial charge in [-0.05, 0) is 0 Å².